The Morgan fingerprint density at radius 2 is 1.64 bits per heavy atom. The highest BCUT2D eigenvalue weighted by molar-refractivity contribution is 7.19. The summed E-state index contributed by atoms with van der Waals surface area (Å²) in [6.07, 6.45) is 4.37. The van der Waals surface area contributed by atoms with Crippen molar-refractivity contribution in [1.29, 1.82) is 0 Å². The van der Waals surface area contributed by atoms with E-state index in [1.54, 1.807) is 7.11 Å². The molecular weight excluding hydrogens is 428 g/mol. The van der Waals surface area contributed by atoms with Crippen LogP contribution in [0.2, 0.25) is 0 Å². The molecule has 6 rings (SSSR count). The fourth-order valence-electron chi connectivity index (χ4n) is 5.16. The molecule has 0 saturated carbocycles. The van der Waals surface area contributed by atoms with Gasteiger partial charge in [0.15, 0.2) is 0 Å². The lowest BCUT2D eigenvalue weighted by molar-refractivity contribution is 0.413. The number of aryl methyl sites for hydroxylation is 2. The first kappa shape index (κ1) is 20.5. The quantitative estimate of drug-likeness (QED) is 0.418. The third kappa shape index (κ3) is 3.82. The predicted molar refractivity (Wildman–Crippen MR) is 136 cm³/mol. The fraction of sp³-hybridized carbons (Fsp3) is 0.333. The highest BCUT2D eigenvalue weighted by Crippen LogP contribution is 2.41. The maximum absolute atomic E-state index is 5.61. The molecule has 33 heavy (non-hydrogen) atoms. The van der Waals surface area contributed by atoms with Gasteiger partial charge < -0.3 is 14.5 Å². The summed E-state index contributed by atoms with van der Waals surface area (Å²) in [6.45, 7) is 3.79. The second-order valence-corrected chi connectivity index (χ2v) is 9.89. The molecule has 2 aromatic heterocycles. The van der Waals surface area contributed by atoms with Gasteiger partial charge in [0.1, 0.15) is 22.2 Å². The standard InChI is InChI=1S/C27H28N4OS/c1-32-22-12-6-5-11-21(22)30-14-16-31(17-15-30)26-25-20-10-7-13-23(20)33-27(25)29-24(28-26)18-19-8-3-2-4-9-19/h2-6,8-9,11-12H,7,10,13-18H2,1H3. The average Bonchev–Trinajstić information content (AvgIpc) is 3.45. The Morgan fingerprint density at radius 1 is 0.879 bits per heavy atom. The lowest BCUT2D eigenvalue weighted by atomic mass is 10.1. The molecule has 0 unspecified atom stereocenters. The van der Waals surface area contributed by atoms with Crippen molar-refractivity contribution in [3.8, 4) is 5.75 Å². The summed E-state index contributed by atoms with van der Waals surface area (Å²) >= 11 is 1.89. The zero-order chi connectivity index (χ0) is 22.2. The number of aromatic nitrogens is 2. The van der Waals surface area contributed by atoms with E-state index in [4.69, 9.17) is 14.7 Å². The van der Waals surface area contributed by atoms with Crippen LogP contribution in [-0.4, -0.2) is 43.3 Å². The Bertz CT molecular complexity index is 1280. The van der Waals surface area contributed by atoms with Crippen LogP contribution in [0.25, 0.3) is 10.2 Å². The molecule has 168 valence electrons. The van der Waals surface area contributed by atoms with Crippen LogP contribution in [0.3, 0.4) is 0 Å². The van der Waals surface area contributed by atoms with Gasteiger partial charge >= 0.3 is 0 Å². The summed E-state index contributed by atoms with van der Waals surface area (Å²) in [5.41, 5.74) is 3.94. The average molecular weight is 457 g/mol. The van der Waals surface area contributed by atoms with Crippen molar-refractivity contribution < 1.29 is 4.74 Å². The number of piperazine rings is 1. The molecule has 1 aliphatic carbocycles. The van der Waals surface area contributed by atoms with Crippen LogP contribution in [0, 0.1) is 0 Å². The van der Waals surface area contributed by atoms with Crippen LogP contribution in [0.5, 0.6) is 5.75 Å². The molecule has 0 amide bonds. The van der Waals surface area contributed by atoms with E-state index >= 15 is 0 Å². The van der Waals surface area contributed by atoms with Crippen LogP contribution >= 0.6 is 11.3 Å². The molecule has 0 atom stereocenters. The van der Waals surface area contributed by atoms with E-state index in [2.05, 4.69) is 52.3 Å². The van der Waals surface area contributed by atoms with Gasteiger partial charge in [-0.25, -0.2) is 9.97 Å². The number of ether oxygens (including phenoxy) is 1. The molecule has 0 N–H and O–H groups in total. The van der Waals surface area contributed by atoms with Gasteiger partial charge in [-0.1, -0.05) is 42.5 Å². The highest BCUT2D eigenvalue weighted by Gasteiger charge is 2.27. The van der Waals surface area contributed by atoms with Crippen molar-refractivity contribution in [2.45, 2.75) is 25.7 Å². The maximum Gasteiger partial charge on any atom is 0.142 e. The van der Waals surface area contributed by atoms with E-state index in [1.807, 2.05) is 23.5 Å². The first-order chi connectivity index (χ1) is 16.3. The molecule has 0 bridgehead atoms. The van der Waals surface area contributed by atoms with Crippen LogP contribution in [0.4, 0.5) is 11.5 Å². The Balaban J connectivity index is 1.33. The molecule has 0 spiro atoms. The number of anilines is 2. The van der Waals surface area contributed by atoms with E-state index in [0.29, 0.717) is 0 Å². The van der Waals surface area contributed by atoms with Crippen molar-refractivity contribution in [3.05, 3.63) is 76.4 Å². The molecule has 4 aromatic rings. The zero-order valence-electron chi connectivity index (χ0n) is 19.0. The monoisotopic (exact) mass is 456 g/mol. The maximum atomic E-state index is 5.61. The first-order valence-corrected chi connectivity index (χ1v) is 12.6. The number of hydrogen-bond acceptors (Lipinski definition) is 6. The lowest BCUT2D eigenvalue weighted by Crippen LogP contribution is -2.47. The van der Waals surface area contributed by atoms with Crippen LogP contribution < -0.4 is 14.5 Å². The van der Waals surface area contributed by atoms with Gasteiger partial charge in [-0.05, 0) is 42.5 Å². The molecular formula is C27H28N4OS. The van der Waals surface area contributed by atoms with E-state index in [9.17, 15) is 0 Å². The Hall–Kier alpha value is -3.12. The van der Waals surface area contributed by atoms with E-state index < -0.39 is 0 Å². The molecule has 0 radical (unpaired) electrons. The smallest absolute Gasteiger partial charge is 0.142 e. The second kappa shape index (κ2) is 8.67. The number of benzene rings is 2. The van der Waals surface area contributed by atoms with Crippen molar-refractivity contribution >= 4 is 33.1 Å². The van der Waals surface area contributed by atoms with Crippen molar-refractivity contribution in [2.24, 2.45) is 0 Å². The number of methoxy groups -OCH3 is 1. The molecule has 1 fully saturated rings. The van der Waals surface area contributed by atoms with Gasteiger partial charge in [0.05, 0.1) is 18.2 Å². The number of fused-ring (bicyclic) bond motifs is 3. The predicted octanol–water partition coefficient (Wildman–Crippen LogP) is 5.11. The van der Waals surface area contributed by atoms with Crippen molar-refractivity contribution in [2.75, 3.05) is 43.1 Å². The second-order valence-electron chi connectivity index (χ2n) is 8.81. The van der Waals surface area contributed by atoms with Crippen LogP contribution in [0.1, 0.15) is 28.2 Å². The van der Waals surface area contributed by atoms with E-state index in [0.717, 1.165) is 56.4 Å². The summed E-state index contributed by atoms with van der Waals surface area (Å²) in [5.74, 6) is 3.01. The lowest BCUT2D eigenvalue weighted by Gasteiger charge is -2.37. The summed E-state index contributed by atoms with van der Waals surface area (Å²) in [5, 5.41) is 1.31. The molecule has 6 heteroatoms. The van der Waals surface area contributed by atoms with Crippen LogP contribution in [0.15, 0.2) is 54.6 Å². The third-order valence-corrected chi connectivity index (χ3v) is 7.99. The Morgan fingerprint density at radius 3 is 2.45 bits per heavy atom. The van der Waals surface area contributed by atoms with Gasteiger partial charge in [-0.3, -0.25) is 0 Å². The summed E-state index contributed by atoms with van der Waals surface area (Å²) in [4.78, 5) is 17.8. The number of nitrogens with zero attached hydrogens (tertiary/aromatic N) is 4. The SMILES string of the molecule is COc1ccccc1N1CCN(c2nc(Cc3ccccc3)nc3sc4c(c23)CCC4)CC1. The number of hydrogen-bond donors (Lipinski definition) is 0. The summed E-state index contributed by atoms with van der Waals surface area (Å²) < 4.78 is 5.61. The zero-order valence-corrected chi connectivity index (χ0v) is 19.8. The van der Waals surface area contributed by atoms with Gasteiger partial charge in [0.2, 0.25) is 0 Å². The van der Waals surface area contributed by atoms with Gasteiger partial charge in [-0.2, -0.15) is 0 Å². The minimum atomic E-state index is 0.771. The molecule has 1 aliphatic heterocycles. The minimum Gasteiger partial charge on any atom is -0.495 e. The number of para-hydroxylation sites is 2. The van der Waals surface area contributed by atoms with E-state index in [-0.39, 0.29) is 0 Å². The number of thiophene rings is 1. The third-order valence-electron chi connectivity index (χ3n) is 6.80. The number of rotatable bonds is 5. The minimum absolute atomic E-state index is 0.771. The van der Waals surface area contributed by atoms with Gasteiger partial charge in [0, 0.05) is 37.5 Å². The molecule has 2 aliphatic rings. The Kier molecular flexibility index (Phi) is 5.38. The molecule has 1 saturated heterocycles. The summed E-state index contributed by atoms with van der Waals surface area (Å²) in [6, 6.07) is 18.9. The molecule has 2 aromatic carbocycles. The van der Waals surface area contributed by atoms with E-state index in [1.165, 1.54) is 44.7 Å². The van der Waals surface area contributed by atoms with Gasteiger partial charge in [-0.15, -0.1) is 11.3 Å². The Labute approximate surface area is 198 Å². The van der Waals surface area contributed by atoms with Gasteiger partial charge in [0.25, 0.3) is 0 Å². The molecule has 3 heterocycles. The normalized spacial score (nSPS) is 15.8. The van der Waals surface area contributed by atoms with Crippen LogP contribution in [-0.2, 0) is 19.3 Å². The first-order valence-electron chi connectivity index (χ1n) is 11.8. The largest absolute Gasteiger partial charge is 0.495 e. The summed E-state index contributed by atoms with van der Waals surface area (Å²) in [7, 11) is 1.75. The topological polar surface area (TPSA) is 41.5 Å². The van der Waals surface area contributed by atoms with Crippen molar-refractivity contribution in [3.63, 3.8) is 0 Å². The highest BCUT2D eigenvalue weighted by atomic mass is 32.1. The van der Waals surface area contributed by atoms with Crippen molar-refractivity contribution in [1.82, 2.24) is 9.97 Å². The fourth-order valence-corrected chi connectivity index (χ4v) is 6.43. The molecule has 5 nitrogen and oxygen atoms in total.